The first-order chi connectivity index (χ1) is 16.7. The number of hydrogen-bond donors (Lipinski definition) is 2. The molecule has 34 heavy (non-hydrogen) atoms. The molecule has 0 saturated carbocycles. The van der Waals surface area contributed by atoms with Crippen molar-refractivity contribution in [3.05, 3.63) is 95.7 Å². The lowest BCUT2D eigenvalue weighted by Gasteiger charge is -2.16. The average Bonchev–Trinajstić information content (AvgIpc) is 3.49. The van der Waals surface area contributed by atoms with E-state index in [0.29, 0.717) is 23.5 Å². The number of fused-ring (bicyclic) bond motifs is 1. The summed E-state index contributed by atoms with van der Waals surface area (Å²) < 4.78 is 7.74. The highest BCUT2D eigenvalue weighted by molar-refractivity contribution is 6.29. The van der Waals surface area contributed by atoms with Crippen LogP contribution in [-0.4, -0.2) is 33.2 Å². The second kappa shape index (κ2) is 9.57. The molecule has 0 radical (unpaired) electrons. The molecule has 0 spiro atoms. The van der Waals surface area contributed by atoms with Crippen molar-refractivity contribution in [1.29, 1.82) is 0 Å². The summed E-state index contributed by atoms with van der Waals surface area (Å²) in [6.45, 7) is 4.12. The van der Waals surface area contributed by atoms with Gasteiger partial charge in [-0.2, -0.15) is 4.98 Å². The molecule has 2 N–H and O–H groups in total. The van der Waals surface area contributed by atoms with Crippen molar-refractivity contribution < 1.29 is 4.74 Å². The summed E-state index contributed by atoms with van der Waals surface area (Å²) in [6, 6.07) is 16.3. The summed E-state index contributed by atoms with van der Waals surface area (Å²) in [4.78, 5) is 13.8. The molecule has 1 aliphatic carbocycles. The van der Waals surface area contributed by atoms with E-state index in [1.165, 1.54) is 11.1 Å². The Labute approximate surface area is 203 Å². The van der Waals surface area contributed by atoms with Gasteiger partial charge in [-0.1, -0.05) is 54.6 Å². The van der Waals surface area contributed by atoms with Gasteiger partial charge in [0.15, 0.2) is 0 Å². The molecule has 2 aromatic carbocycles. The molecule has 1 aliphatic rings. The van der Waals surface area contributed by atoms with E-state index >= 15 is 0 Å². The minimum Gasteiger partial charge on any atom is -0.487 e. The number of ether oxygens (including phenoxy) is 1. The van der Waals surface area contributed by atoms with Crippen molar-refractivity contribution >= 4 is 29.1 Å². The molecule has 0 saturated heterocycles. The first-order valence-corrected chi connectivity index (χ1v) is 11.5. The van der Waals surface area contributed by atoms with E-state index in [2.05, 4.69) is 46.5 Å². The molecule has 1 atom stereocenters. The second-order valence-electron chi connectivity index (χ2n) is 8.02. The smallest absolute Gasteiger partial charge is 0.229 e. The normalized spacial score (nSPS) is 14.5. The fourth-order valence-electron chi connectivity index (χ4n) is 4.36. The van der Waals surface area contributed by atoms with Crippen molar-refractivity contribution in [3.63, 3.8) is 0 Å². The molecule has 172 valence electrons. The number of hydrogen-bond acceptors (Lipinski definition) is 6. The molecule has 2 heterocycles. The van der Waals surface area contributed by atoms with Crippen LogP contribution >= 0.6 is 11.6 Å². The Bertz CT molecular complexity index is 1320. The van der Waals surface area contributed by atoms with Gasteiger partial charge in [0.25, 0.3) is 0 Å². The lowest BCUT2D eigenvalue weighted by atomic mass is 9.97. The number of rotatable bonds is 8. The molecule has 7 nitrogen and oxygen atoms in total. The molecule has 5 rings (SSSR count). The lowest BCUT2D eigenvalue weighted by Crippen LogP contribution is -2.08. The average molecular weight is 473 g/mol. The minimum absolute atomic E-state index is 0.256. The minimum atomic E-state index is 0.256. The van der Waals surface area contributed by atoms with E-state index < -0.39 is 0 Å². The third kappa shape index (κ3) is 4.34. The second-order valence-corrected chi connectivity index (χ2v) is 8.41. The third-order valence-electron chi connectivity index (χ3n) is 5.89. The van der Waals surface area contributed by atoms with Crippen LogP contribution in [-0.2, 0) is 6.42 Å². The fraction of sp³-hybridized carbons (Fsp3) is 0.192. The Hall–Kier alpha value is -3.84. The number of nitrogens with one attached hydrogen (secondary N) is 2. The van der Waals surface area contributed by atoms with Gasteiger partial charge in [-0.05, 0) is 30.5 Å². The maximum atomic E-state index is 6.01. The van der Waals surface area contributed by atoms with Crippen molar-refractivity contribution in [3.8, 4) is 11.4 Å². The molecular formula is C26H25ClN6O. The van der Waals surface area contributed by atoms with Gasteiger partial charge in [-0.25, -0.2) is 9.97 Å². The first-order valence-electron chi connectivity index (χ1n) is 11.1. The predicted molar refractivity (Wildman–Crippen MR) is 136 cm³/mol. The summed E-state index contributed by atoms with van der Waals surface area (Å²) in [5.41, 5.74) is 5.16. The maximum absolute atomic E-state index is 6.01. The van der Waals surface area contributed by atoms with Crippen molar-refractivity contribution in [2.45, 2.75) is 18.8 Å². The van der Waals surface area contributed by atoms with Crippen molar-refractivity contribution in [2.24, 2.45) is 0 Å². The highest BCUT2D eigenvalue weighted by Crippen LogP contribution is 2.40. The van der Waals surface area contributed by atoms with E-state index in [0.717, 1.165) is 35.7 Å². The molecule has 4 aromatic rings. The van der Waals surface area contributed by atoms with Crippen LogP contribution in [0.3, 0.4) is 0 Å². The zero-order valence-electron chi connectivity index (χ0n) is 18.8. The lowest BCUT2D eigenvalue weighted by molar-refractivity contribution is 0.362. The molecule has 0 fully saturated rings. The maximum Gasteiger partial charge on any atom is 0.229 e. The molecule has 1 unspecified atom stereocenters. The summed E-state index contributed by atoms with van der Waals surface area (Å²) in [6.07, 6.45) is 7.06. The van der Waals surface area contributed by atoms with Gasteiger partial charge in [0.1, 0.15) is 29.7 Å². The third-order valence-corrected chi connectivity index (χ3v) is 6.09. The topological polar surface area (TPSA) is 76.9 Å². The zero-order chi connectivity index (χ0) is 23.5. The van der Waals surface area contributed by atoms with Crippen LogP contribution in [0.1, 0.15) is 29.2 Å². The Balaban J connectivity index is 1.49. The largest absolute Gasteiger partial charge is 0.487 e. The SMILES string of the molecule is C=CCOc1cc(Nc2nc(NC)c3c(n2)C(c2ccccc2)CC3)ccc1-n1cnc(Cl)c1. The van der Waals surface area contributed by atoms with Crippen LogP contribution in [0.15, 0.2) is 73.7 Å². The van der Waals surface area contributed by atoms with Crippen LogP contribution in [0.5, 0.6) is 5.75 Å². The van der Waals surface area contributed by atoms with Crippen LogP contribution in [0.25, 0.3) is 5.69 Å². The summed E-state index contributed by atoms with van der Waals surface area (Å²) in [5.74, 6) is 2.32. The first kappa shape index (κ1) is 22.0. The Kier molecular flexibility index (Phi) is 6.18. The number of anilines is 3. The van der Waals surface area contributed by atoms with Crippen LogP contribution in [0, 0.1) is 0 Å². The van der Waals surface area contributed by atoms with Crippen molar-refractivity contribution in [2.75, 3.05) is 24.3 Å². The molecule has 0 bridgehead atoms. The number of halogens is 1. The standard InChI is InChI=1S/C26H25ClN6O/c1-3-13-34-22-14-18(9-12-21(22)33-15-23(27)29-16-33)30-26-31-24-19(17-7-5-4-6-8-17)10-11-20(24)25(28-2)32-26/h3-9,12,14-16,19H,1,10-11,13H2,2H3,(H2,28,30,31,32). The van der Waals surface area contributed by atoms with Gasteiger partial charge >= 0.3 is 0 Å². The Morgan fingerprint density at radius 2 is 2.06 bits per heavy atom. The van der Waals surface area contributed by atoms with Crippen LogP contribution in [0.4, 0.5) is 17.5 Å². The Morgan fingerprint density at radius 1 is 1.21 bits per heavy atom. The number of aromatic nitrogens is 4. The fourth-order valence-corrected chi connectivity index (χ4v) is 4.51. The molecule has 2 aromatic heterocycles. The van der Waals surface area contributed by atoms with Gasteiger partial charge in [-0.15, -0.1) is 0 Å². The summed E-state index contributed by atoms with van der Waals surface area (Å²) in [5, 5.41) is 7.02. The van der Waals surface area contributed by atoms with Crippen molar-refractivity contribution in [1.82, 2.24) is 19.5 Å². The number of nitrogens with zero attached hydrogens (tertiary/aromatic N) is 4. The number of imidazole rings is 1. The monoisotopic (exact) mass is 472 g/mol. The van der Waals surface area contributed by atoms with Gasteiger partial charge in [0.2, 0.25) is 5.95 Å². The van der Waals surface area contributed by atoms with Gasteiger partial charge < -0.3 is 19.9 Å². The van der Waals surface area contributed by atoms with E-state index in [1.54, 1.807) is 18.6 Å². The predicted octanol–water partition coefficient (Wildman–Crippen LogP) is 5.74. The van der Waals surface area contributed by atoms with Gasteiger partial charge in [0.05, 0.1) is 11.4 Å². The van der Waals surface area contributed by atoms with E-state index in [-0.39, 0.29) is 5.92 Å². The number of benzene rings is 2. The molecular weight excluding hydrogens is 448 g/mol. The van der Waals surface area contributed by atoms with E-state index in [1.807, 2.05) is 35.9 Å². The molecule has 0 amide bonds. The highest BCUT2D eigenvalue weighted by Gasteiger charge is 2.29. The van der Waals surface area contributed by atoms with E-state index in [9.17, 15) is 0 Å². The molecule has 8 heteroatoms. The van der Waals surface area contributed by atoms with E-state index in [4.69, 9.17) is 26.3 Å². The van der Waals surface area contributed by atoms with Gasteiger partial charge in [0, 0.05) is 36.5 Å². The summed E-state index contributed by atoms with van der Waals surface area (Å²) in [7, 11) is 1.90. The summed E-state index contributed by atoms with van der Waals surface area (Å²) >= 11 is 6.01. The van der Waals surface area contributed by atoms with Crippen LogP contribution in [0.2, 0.25) is 5.15 Å². The Morgan fingerprint density at radius 3 is 2.79 bits per heavy atom. The van der Waals surface area contributed by atoms with Crippen LogP contribution < -0.4 is 15.4 Å². The quantitative estimate of drug-likeness (QED) is 0.318. The highest BCUT2D eigenvalue weighted by atomic mass is 35.5. The van der Waals surface area contributed by atoms with Gasteiger partial charge in [-0.3, -0.25) is 0 Å². The zero-order valence-corrected chi connectivity index (χ0v) is 19.6. The molecule has 0 aliphatic heterocycles.